The highest BCUT2D eigenvalue weighted by Gasteiger charge is 2.52. The second-order valence-corrected chi connectivity index (χ2v) is 7.72. The lowest BCUT2D eigenvalue weighted by atomic mass is 9.92. The molecule has 174 valence electrons. The van der Waals surface area contributed by atoms with Crippen molar-refractivity contribution in [3.8, 4) is 0 Å². The van der Waals surface area contributed by atoms with Crippen LogP contribution < -0.4 is 5.32 Å². The zero-order valence-corrected chi connectivity index (χ0v) is 17.7. The number of aliphatic hydroxyl groups is 4. The van der Waals surface area contributed by atoms with Crippen LogP contribution in [0.4, 0.5) is 0 Å². The molecule has 4 unspecified atom stereocenters. The molecule has 0 radical (unpaired) electrons. The Morgan fingerprint density at radius 2 is 1.70 bits per heavy atom. The number of carbonyl (C=O) groups is 2. The Morgan fingerprint density at radius 1 is 1.07 bits per heavy atom. The van der Waals surface area contributed by atoms with E-state index in [1.54, 1.807) is 6.92 Å². The van der Waals surface area contributed by atoms with Crippen molar-refractivity contribution < 1.29 is 49.0 Å². The summed E-state index contributed by atoms with van der Waals surface area (Å²) in [6.45, 7) is 2.39. The first-order chi connectivity index (χ1) is 14.0. The fourth-order valence-corrected chi connectivity index (χ4v) is 3.70. The van der Waals surface area contributed by atoms with Crippen LogP contribution in [0.2, 0.25) is 0 Å². The number of aliphatic hydroxyl groups excluding tert-OH is 4. The van der Waals surface area contributed by atoms with E-state index in [0.29, 0.717) is 0 Å². The lowest BCUT2D eigenvalue weighted by Crippen LogP contribution is -2.68. The van der Waals surface area contributed by atoms with Crippen molar-refractivity contribution in [3.05, 3.63) is 0 Å². The van der Waals surface area contributed by atoms with Crippen LogP contribution in [-0.4, -0.2) is 126 Å². The van der Waals surface area contributed by atoms with E-state index in [0.717, 1.165) is 0 Å². The molecular weight excluding hydrogens is 404 g/mol. The number of rotatable bonds is 6. The second-order valence-electron chi connectivity index (χ2n) is 7.72. The van der Waals surface area contributed by atoms with Crippen molar-refractivity contribution in [2.45, 2.75) is 75.0 Å². The Kier molecular flexibility index (Phi) is 8.53. The summed E-state index contributed by atoms with van der Waals surface area (Å²) in [6, 6.07) is -0.851. The third-order valence-corrected chi connectivity index (χ3v) is 5.31. The van der Waals surface area contributed by atoms with Crippen molar-refractivity contribution in [3.63, 3.8) is 0 Å². The van der Waals surface area contributed by atoms with Gasteiger partial charge in [0.05, 0.1) is 18.8 Å². The summed E-state index contributed by atoms with van der Waals surface area (Å²) in [6.07, 6.45) is -11.3. The minimum Gasteiger partial charge on any atom is -0.394 e. The number of amides is 2. The van der Waals surface area contributed by atoms with E-state index in [1.807, 2.05) is 0 Å². The van der Waals surface area contributed by atoms with E-state index in [4.69, 9.17) is 18.9 Å². The smallest absolute Gasteiger partial charge is 0.254 e. The number of nitrogens with one attached hydrogen (secondary N) is 1. The molecule has 0 saturated carbocycles. The number of carbonyl (C=O) groups excluding carboxylic acids is 2. The highest BCUT2D eigenvalue weighted by molar-refractivity contribution is 5.81. The van der Waals surface area contributed by atoms with Gasteiger partial charge in [0.1, 0.15) is 36.6 Å². The number of likely N-dealkylation sites (N-methyl/N-ethyl adjacent to an activating group) is 1. The average Bonchev–Trinajstić information content (AvgIpc) is 2.69. The van der Waals surface area contributed by atoms with Gasteiger partial charge in [0.25, 0.3) is 5.91 Å². The van der Waals surface area contributed by atoms with Crippen molar-refractivity contribution in [1.29, 1.82) is 0 Å². The molecule has 30 heavy (non-hydrogen) atoms. The lowest BCUT2D eigenvalue weighted by Gasteiger charge is -2.47. The first-order valence-corrected chi connectivity index (χ1v) is 9.65. The van der Waals surface area contributed by atoms with Crippen molar-refractivity contribution in [2.24, 2.45) is 0 Å². The fourth-order valence-electron chi connectivity index (χ4n) is 3.70. The molecule has 0 spiro atoms. The molecule has 0 aromatic heterocycles. The van der Waals surface area contributed by atoms with Crippen molar-refractivity contribution in [2.75, 3.05) is 27.8 Å². The van der Waals surface area contributed by atoms with Crippen LogP contribution in [0.3, 0.4) is 0 Å². The van der Waals surface area contributed by atoms with Gasteiger partial charge in [-0.3, -0.25) is 9.59 Å². The first-order valence-electron chi connectivity index (χ1n) is 9.65. The minimum atomic E-state index is -1.61. The van der Waals surface area contributed by atoms with E-state index < -0.39 is 79.6 Å². The number of methoxy groups -OCH3 is 1. The maximum atomic E-state index is 12.5. The predicted octanol–water partition coefficient (Wildman–Crippen LogP) is -3.43. The van der Waals surface area contributed by atoms with Gasteiger partial charge in [-0.15, -0.1) is 0 Å². The summed E-state index contributed by atoms with van der Waals surface area (Å²) >= 11 is 0. The van der Waals surface area contributed by atoms with E-state index in [-0.39, 0.29) is 0 Å². The van der Waals surface area contributed by atoms with Gasteiger partial charge in [-0.25, -0.2) is 0 Å². The Labute approximate surface area is 174 Å². The molecule has 2 aliphatic heterocycles. The standard InChI is InChI=1S/C18H32N2O10/c1-7-10(19-8(2)22)14(11(23)9(6-21)28-7)29-18-13(25)12(24)15(27-5)16(30-18)17(26)20(3)4/h7,9-16,18,21,23-25H,6H2,1-5H3,(H,19,22)/t7-,9?,10?,11+,12+,13?,14+,15-,16?,18+/m0/s1. The van der Waals surface area contributed by atoms with E-state index in [1.165, 1.54) is 33.0 Å². The van der Waals surface area contributed by atoms with E-state index in [9.17, 15) is 30.0 Å². The molecule has 2 amide bonds. The summed E-state index contributed by atoms with van der Waals surface area (Å²) in [4.78, 5) is 25.4. The minimum absolute atomic E-state index is 0.413. The van der Waals surface area contributed by atoms with Gasteiger partial charge in [-0.1, -0.05) is 0 Å². The molecule has 12 heteroatoms. The quantitative estimate of drug-likeness (QED) is 0.283. The molecule has 2 saturated heterocycles. The fraction of sp³-hybridized carbons (Fsp3) is 0.889. The largest absolute Gasteiger partial charge is 0.394 e. The third kappa shape index (κ3) is 5.08. The zero-order valence-electron chi connectivity index (χ0n) is 17.7. The van der Waals surface area contributed by atoms with E-state index >= 15 is 0 Å². The topological polar surface area (TPSA) is 167 Å². The van der Waals surface area contributed by atoms with Gasteiger partial charge in [0, 0.05) is 28.1 Å². The molecule has 2 aliphatic rings. The van der Waals surface area contributed by atoms with Gasteiger partial charge in [-0.2, -0.15) is 0 Å². The maximum Gasteiger partial charge on any atom is 0.254 e. The second kappa shape index (κ2) is 10.3. The molecule has 0 bridgehead atoms. The number of nitrogens with zero attached hydrogens (tertiary/aromatic N) is 1. The SMILES string of the molecule is CO[C@@H]1C(C(=O)N(C)C)O[C@@H](O[C@@H]2C(NC(C)=O)[C@H](C)OC(CO)[C@H]2O)C(O)[C@H]1O. The monoisotopic (exact) mass is 436 g/mol. The van der Waals surface area contributed by atoms with E-state index in [2.05, 4.69) is 5.32 Å². The maximum absolute atomic E-state index is 12.5. The highest BCUT2D eigenvalue weighted by atomic mass is 16.7. The van der Waals surface area contributed by atoms with Crippen molar-refractivity contribution in [1.82, 2.24) is 10.2 Å². The Balaban J connectivity index is 2.30. The van der Waals surface area contributed by atoms with Gasteiger partial charge in [0.15, 0.2) is 12.4 Å². The molecule has 12 nitrogen and oxygen atoms in total. The van der Waals surface area contributed by atoms with Crippen LogP contribution >= 0.6 is 0 Å². The summed E-state index contributed by atoms with van der Waals surface area (Å²) in [5, 5.41) is 43.7. The molecule has 2 rings (SSSR count). The van der Waals surface area contributed by atoms with Gasteiger partial charge >= 0.3 is 0 Å². The normalized spacial score (nSPS) is 41.9. The summed E-state index contributed by atoms with van der Waals surface area (Å²) in [7, 11) is 4.26. The zero-order chi connectivity index (χ0) is 22.7. The average molecular weight is 436 g/mol. The van der Waals surface area contributed by atoms with Crippen LogP contribution in [0.1, 0.15) is 13.8 Å². The summed E-state index contributed by atoms with van der Waals surface area (Å²) in [5.41, 5.74) is 0. The molecule has 0 aromatic rings. The Hall–Kier alpha value is -1.38. The van der Waals surface area contributed by atoms with Crippen LogP contribution in [0.5, 0.6) is 0 Å². The summed E-state index contributed by atoms with van der Waals surface area (Å²) < 4.78 is 22.1. The van der Waals surface area contributed by atoms with Crippen LogP contribution in [0, 0.1) is 0 Å². The molecule has 2 heterocycles. The van der Waals surface area contributed by atoms with Gasteiger partial charge in [-0.05, 0) is 6.92 Å². The van der Waals surface area contributed by atoms with Crippen LogP contribution in [0.15, 0.2) is 0 Å². The van der Waals surface area contributed by atoms with Gasteiger partial charge < -0.3 is 49.6 Å². The summed E-state index contributed by atoms with van der Waals surface area (Å²) in [5.74, 6) is -0.933. The number of hydrogen-bond donors (Lipinski definition) is 5. The molecule has 2 fully saturated rings. The predicted molar refractivity (Wildman–Crippen MR) is 100 cm³/mol. The highest BCUT2D eigenvalue weighted by Crippen LogP contribution is 2.30. The molecule has 5 N–H and O–H groups in total. The number of ether oxygens (including phenoxy) is 4. The Bertz CT molecular complexity index is 606. The van der Waals surface area contributed by atoms with Gasteiger partial charge in [0.2, 0.25) is 5.91 Å². The number of hydrogen-bond acceptors (Lipinski definition) is 10. The lowest BCUT2D eigenvalue weighted by molar-refractivity contribution is -0.326. The van der Waals surface area contributed by atoms with Crippen molar-refractivity contribution >= 4 is 11.8 Å². The third-order valence-electron chi connectivity index (χ3n) is 5.31. The molecule has 10 atom stereocenters. The Morgan fingerprint density at radius 3 is 2.20 bits per heavy atom. The molecule has 0 aromatic carbocycles. The van der Waals surface area contributed by atoms with Crippen LogP contribution in [-0.2, 0) is 28.5 Å². The molecule has 0 aliphatic carbocycles. The first kappa shape index (κ1) is 24.9. The molecular formula is C18H32N2O10. The van der Waals surface area contributed by atoms with Crippen LogP contribution in [0.25, 0.3) is 0 Å².